The number of thiazole rings is 1. The third-order valence-corrected chi connectivity index (χ3v) is 5.54. The molecule has 4 nitrogen and oxygen atoms in total. The number of halogens is 1. The monoisotopic (exact) mass is 387 g/mol. The number of carbonyl (C=O) groups excluding carboxylic acids is 1. The Balaban J connectivity index is 1.50. The number of nitrogens with zero attached hydrogens (tertiary/aromatic N) is 2. The second-order valence-corrected chi connectivity index (χ2v) is 7.46. The summed E-state index contributed by atoms with van der Waals surface area (Å²) in [5.74, 6) is 0.0616. The number of hydrazone groups is 1. The Bertz CT molecular complexity index is 881. The Morgan fingerprint density at radius 1 is 1.20 bits per heavy atom. The number of rotatable bonds is 6. The van der Waals surface area contributed by atoms with E-state index in [-0.39, 0.29) is 11.7 Å². The fraction of sp³-hybridized carbons (Fsp3) is 0.0556. The lowest BCUT2D eigenvalue weighted by atomic mass is 10.2. The van der Waals surface area contributed by atoms with Crippen LogP contribution in [0.2, 0.25) is 5.02 Å². The molecule has 0 radical (unpaired) electrons. The molecule has 1 N–H and O–H groups in total. The van der Waals surface area contributed by atoms with E-state index in [0.717, 1.165) is 21.2 Å². The van der Waals surface area contributed by atoms with Gasteiger partial charge in [-0.1, -0.05) is 71.9 Å². The highest BCUT2D eigenvalue weighted by molar-refractivity contribution is 8.01. The molecule has 3 aromatic rings. The molecule has 0 fully saturated rings. The van der Waals surface area contributed by atoms with Crippen LogP contribution in [0.1, 0.15) is 5.56 Å². The van der Waals surface area contributed by atoms with Crippen LogP contribution in [-0.2, 0) is 4.79 Å². The number of thioether (sulfide) groups is 1. The molecule has 2 aromatic carbocycles. The summed E-state index contributed by atoms with van der Waals surface area (Å²) in [7, 11) is 0. The van der Waals surface area contributed by atoms with Crippen LogP contribution >= 0.6 is 34.7 Å². The van der Waals surface area contributed by atoms with Crippen LogP contribution in [0.5, 0.6) is 0 Å². The van der Waals surface area contributed by atoms with Crippen LogP contribution in [0.3, 0.4) is 0 Å². The lowest BCUT2D eigenvalue weighted by Crippen LogP contribution is -2.19. The highest BCUT2D eigenvalue weighted by Gasteiger charge is 2.07. The summed E-state index contributed by atoms with van der Waals surface area (Å²) in [6, 6.07) is 17.3. The number of hydrogen-bond donors (Lipinski definition) is 1. The van der Waals surface area contributed by atoms with Crippen LogP contribution in [0.15, 0.2) is 69.4 Å². The maximum atomic E-state index is 11.9. The van der Waals surface area contributed by atoms with Gasteiger partial charge < -0.3 is 0 Å². The molecule has 1 amide bonds. The minimum Gasteiger partial charge on any atom is -0.272 e. The van der Waals surface area contributed by atoms with Gasteiger partial charge in [0.05, 0.1) is 17.7 Å². The Kier molecular flexibility index (Phi) is 6.22. The summed E-state index contributed by atoms with van der Waals surface area (Å²) in [5.41, 5.74) is 5.24. The Morgan fingerprint density at radius 3 is 2.76 bits per heavy atom. The smallest absolute Gasteiger partial charge is 0.250 e. The van der Waals surface area contributed by atoms with Gasteiger partial charge >= 0.3 is 0 Å². The van der Waals surface area contributed by atoms with Crippen molar-refractivity contribution in [2.24, 2.45) is 5.10 Å². The van der Waals surface area contributed by atoms with Gasteiger partial charge in [0.25, 0.3) is 5.91 Å². The maximum Gasteiger partial charge on any atom is 0.250 e. The van der Waals surface area contributed by atoms with E-state index in [1.54, 1.807) is 6.07 Å². The molecule has 126 valence electrons. The Morgan fingerprint density at radius 2 is 1.96 bits per heavy atom. The van der Waals surface area contributed by atoms with E-state index >= 15 is 0 Å². The topological polar surface area (TPSA) is 54.4 Å². The van der Waals surface area contributed by atoms with Crippen molar-refractivity contribution in [3.63, 3.8) is 0 Å². The van der Waals surface area contributed by atoms with Crippen LogP contribution < -0.4 is 5.43 Å². The molecule has 1 aromatic heterocycles. The zero-order chi connectivity index (χ0) is 17.5. The van der Waals surface area contributed by atoms with Gasteiger partial charge in [-0.3, -0.25) is 4.79 Å². The third-order valence-electron chi connectivity index (χ3n) is 3.18. The number of hydrogen-bond acceptors (Lipinski definition) is 5. The minimum absolute atomic E-state index is 0.190. The van der Waals surface area contributed by atoms with E-state index in [9.17, 15) is 4.79 Å². The highest BCUT2D eigenvalue weighted by Crippen LogP contribution is 2.27. The average molecular weight is 388 g/mol. The van der Waals surface area contributed by atoms with Gasteiger partial charge in [0.2, 0.25) is 0 Å². The van der Waals surface area contributed by atoms with E-state index in [1.165, 1.54) is 29.3 Å². The fourth-order valence-electron chi connectivity index (χ4n) is 1.98. The van der Waals surface area contributed by atoms with Crippen molar-refractivity contribution in [3.8, 4) is 11.3 Å². The maximum absolute atomic E-state index is 11.9. The van der Waals surface area contributed by atoms with Crippen molar-refractivity contribution in [1.29, 1.82) is 0 Å². The molecule has 0 saturated carbocycles. The molecular weight excluding hydrogens is 374 g/mol. The first-order chi connectivity index (χ1) is 12.2. The molecule has 25 heavy (non-hydrogen) atoms. The average Bonchev–Trinajstić information content (AvgIpc) is 3.11. The summed E-state index contributed by atoms with van der Waals surface area (Å²) >= 11 is 8.93. The zero-order valence-electron chi connectivity index (χ0n) is 13.1. The van der Waals surface area contributed by atoms with Crippen molar-refractivity contribution in [3.05, 3.63) is 70.6 Å². The van der Waals surface area contributed by atoms with Gasteiger partial charge in [-0.25, -0.2) is 10.4 Å². The second kappa shape index (κ2) is 8.80. The quantitative estimate of drug-likeness (QED) is 0.378. The van der Waals surface area contributed by atoms with Gasteiger partial charge in [0.15, 0.2) is 4.34 Å². The summed E-state index contributed by atoms with van der Waals surface area (Å²) in [6.45, 7) is 0. The molecule has 7 heteroatoms. The first kappa shape index (κ1) is 17.7. The summed E-state index contributed by atoms with van der Waals surface area (Å²) in [4.78, 5) is 16.4. The molecule has 0 saturated heterocycles. The van der Waals surface area contributed by atoms with Crippen LogP contribution in [0.25, 0.3) is 11.3 Å². The van der Waals surface area contributed by atoms with Crippen molar-refractivity contribution < 1.29 is 4.79 Å². The van der Waals surface area contributed by atoms with E-state index < -0.39 is 0 Å². The number of benzene rings is 2. The van der Waals surface area contributed by atoms with Gasteiger partial charge in [0.1, 0.15) is 0 Å². The number of aromatic nitrogens is 1. The summed E-state index contributed by atoms with van der Waals surface area (Å²) in [5, 5.41) is 6.51. The fourth-order valence-corrected chi connectivity index (χ4v) is 3.79. The molecule has 0 aliphatic heterocycles. The predicted molar refractivity (Wildman–Crippen MR) is 105 cm³/mol. The standard InChI is InChI=1S/C18H14ClN3OS2/c19-15-9-5-4-8-14(15)10-20-22-17(23)12-25-18-21-16(11-24-18)13-6-2-1-3-7-13/h1-11H,12H2,(H,22,23)/b20-10+. The Labute approximate surface area is 159 Å². The first-order valence-corrected chi connectivity index (χ1v) is 9.67. The molecule has 1 heterocycles. The molecule has 0 aliphatic carbocycles. The number of nitrogens with one attached hydrogen (secondary N) is 1. The zero-order valence-corrected chi connectivity index (χ0v) is 15.4. The molecule has 0 atom stereocenters. The SMILES string of the molecule is O=C(CSc1nc(-c2ccccc2)cs1)N/N=C/c1ccccc1Cl. The van der Waals surface area contributed by atoms with Crippen molar-refractivity contribution >= 4 is 46.8 Å². The van der Waals surface area contributed by atoms with Crippen LogP contribution in [-0.4, -0.2) is 22.9 Å². The molecule has 0 bridgehead atoms. The second-order valence-electron chi connectivity index (χ2n) is 4.97. The summed E-state index contributed by atoms with van der Waals surface area (Å²) < 4.78 is 0.851. The van der Waals surface area contributed by atoms with Crippen molar-refractivity contribution in [2.75, 3.05) is 5.75 Å². The van der Waals surface area contributed by atoms with E-state index in [4.69, 9.17) is 11.6 Å². The van der Waals surface area contributed by atoms with Crippen LogP contribution in [0, 0.1) is 0 Å². The van der Waals surface area contributed by atoms with E-state index in [1.807, 2.05) is 53.9 Å². The number of amides is 1. The molecule has 0 spiro atoms. The minimum atomic E-state index is -0.190. The number of carbonyl (C=O) groups is 1. The first-order valence-electron chi connectivity index (χ1n) is 7.42. The van der Waals surface area contributed by atoms with Gasteiger partial charge in [-0.05, 0) is 6.07 Å². The highest BCUT2D eigenvalue weighted by atomic mass is 35.5. The third kappa shape index (κ3) is 5.16. The molecule has 3 rings (SSSR count). The summed E-state index contributed by atoms with van der Waals surface area (Å²) in [6.07, 6.45) is 1.53. The largest absolute Gasteiger partial charge is 0.272 e. The van der Waals surface area contributed by atoms with E-state index in [0.29, 0.717) is 5.02 Å². The Hall–Kier alpha value is -2.15. The molecule has 0 aliphatic rings. The lowest BCUT2D eigenvalue weighted by molar-refractivity contribution is -0.118. The van der Waals surface area contributed by atoms with Gasteiger partial charge in [0, 0.05) is 21.5 Å². The molecular formula is C18H14ClN3OS2. The normalized spacial score (nSPS) is 10.9. The predicted octanol–water partition coefficient (Wildman–Crippen LogP) is 4.71. The van der Waals surface area contributed by atoms with Crippen molar-refractivity contribution in [2.45, 2.75) is 4.34 Å². The van der Waals surface area contributed by atoms with Crippen LogP contribution in [0.4, 0.5) is 0 Å². The van der Waals surface area contributed by atoms with E-state index in [2.05, 4.69) is 15.5 Å². The van der Waals surface area contributed by atoms with Gasteiger partial charge in [-0.15, -0.1) is 11.3 Å². The van der Waals surface area contributed by atoms with Gasteiger partial charge in [-0.2, -0.15) is 5.10 Å². The van der Waals surface area contributed by atoms with Crippen molar-refractivity contribution in [1.82, 2.24) is 10.4 Å². The molecule has 0 unspecified atom stereocenters. The lowest BCUT2D eigenvalue weighted by Gasteiger charge is -1.99.